The average molecular weight is 294 g/mol. The minimum Gasteiger partial charge on any atom is -0.358 e. The Labute approximate surface area is 129 Å². The molecule has 1 aromatic heterocycles. The molecule has 5 nitrogen and oxygen atoms in total. The van der Waals surface area contributed by atoms with Crippen LogP contribution < -0.4 is 10.6 Å². The molecule has 1 aliphatic carbocycles. The van der Waals surface area contributed by atoms with Gasteiger partial charge in [-0.3, -0.25) is 4.79 Å². The smallest absolute Gasteiger partial charge is 0.247 e. The van der Waals surface area contributed by atoms with Gasteiger partial charge in [-0.1, -0.05) is 18.2 Å². The Hall–Kier alpha value is -2.43. The monoisotopic (exact) mass is 294 g/mol. The summed E-state index contributed by atoms with van der Waals surface area (Å²) in [6.45, 7) is 0. The second-order valence-electron chi connectivity index (χ2n) is 5.90. The number of aryl methyl sites for hydroxylation is 1. The Bertz CT molecular complexity index is 728. The van der Waals surface area contributed by atoms with E-state index in [1.165, 1.54) is 12.0 Å². The number of fused-ring (bicyclic) bond motifs is 2. The van der Waals surface area contributed by atoms with Crippen LogP contribution in [0, 0.1) is 0 Å². The second-order valence-corrected chi connectivity index (χ2v) is 5.90. The van der Waals surface area contributed by atoms with E-state index in [-0.39, 0.29) is 11.9 Å². The van der Waals surface area contributed by atoms with Crippen molar-refractivity contribution in [2.45, 2.75) is 38.1 Å². The number of nitrogens with one attached hydrogen (secondary N) is 2. The van der Waals surface area contributed by atoms with Crippen molar-refractivity contribution in [3.8, 4) is 0 Å². The van der Waals surface area contributed by atoms with Gasteiger partial charge in [0.2, 0.25) is 5.91 Å². The highest BCUT2D eigenvalue weighted by Crippen LogP contribution is 2.27. The maximum atomic E-state index is 12.3. The summed E-state index contributed by atoms with van der Waals surface area (Å²) in [5, 5.41) is 6.30. The zero-order valence-electron chi connectivity index (χ0n) is 12.3. The van der Waals surface area contributed by atoms with E-state index in [1.807, 2.05) is 18.2 Å². The van der Waals surface area contributed by atoms with E-state index in [1.54, 1.807) is 6.33 Å². The molecule has 112 valence electrons. The summed E-state index contributed by atoms with van der Waals surface area (Å²) in [6.07, 6.45) is 6.62. The fourth-order valence-electron chi connectivity index (χ4n) is 3.28. The van der Waals surface area contributed by atoms with E-state index >= 15 is 0 Å². The van der Waals surface area contributed by atoms with Crippen molar-refractivity contribution in [2.24, 2.45) is 0 Å². The molecule has 1 unspecified atom stereocenters. The molecule has 2 heterocycles. The molecule has 0 spiro atoms. The lowest BCUT2D eigenvalue weighted by molar-refractivity contribution is -0.117. The molecule has 0 saturated carbocycles. The summed E-state index contributed by atoms with van der Waals surface area (Å²) in [5.74, 6) is 0.825. The van der Waals surface area contributed by atoms with Crippen LogP contribution in [0.15, 0.2) is 30.6 Å². The molecule has 1 atom stereocenters. The molecule has 1 aromatic carbocycles. The fraction of sp³-hybridized carbons (Fsp3) is 0.353. The number of hydrogen-bond donors (Lipinski definition) is 2. The molecule has 22 heavy (non-hydrogen) atoms. The Kier molecular flexibility index (Phi) is 3.25. The minimum atomic E-state index is -0.282. The molecule has 2 N–H and O–H groups in total. The normalized spacial score (nSPS) is 19.8. The number of carbonyl (C=O) groups is 1. The summed E-state index contributed by atoms with van der Waals surface area (Å²) >= 11 is 0. The summed E-state index contributed by atoms with van der Waals surface area (Å²) in [4.78, 5) is 21.1. The topological polar surface area (TPSA) is 66.9 Å². The third-order valence-corrected chi connectivity index (χ3v) is 4.45. The molecular weight excluding hydrogens is 276 g/mol. The van der Waals surface area contributed by atoms with Gasteiger partial charge >= 0.3 is 0 Å². The first-order chi connectivity index (χ1) is 10.8. The SMILES string of the molecule is O=C1Nc2ccccc2CC1Nc1ncnc2c1CCCC2. The molecule has 4 rings (SSSR count). The van der Waals surface area contributed by atoms with E-state index in [2.05, 4.69) is 26.7 Å². The van der Waals surface area contributed by atoms with Crippen LogP contribution in [0.5, 0.6) is 0 Å². The molecule has 2 aromatic rings. The highest BCUT2D eigenvalue weighted by molar-refractivity contribution is 5.99. The van der Waals surface area contributed by atoms with Gasteiger partial charge in [0, 0.05) is 23.4 Å². The maximum absolute atomic E-state index is 12.3. The largest absolute Gasteiger partial charge is 0.358 e. The first-order valence-electron chi connectivity index (χ1n) is 7.79. The van der Waals surface area contributed by atoms with E-state index in [0.29, 0.717) is 6.42 Å². The molecule has 0 radical (unpaired) electrons. The van der Waals surface area contributed by atoms with Crippen molar-refractivity contribution in [3.05, 3.63) is 47.4 Å². The summed E-state index contributed by atoms with van der Waals surface area (Å²) in [5.41, 5.74) is 4.37. The number of para-hydroxylation sites is 1. The summed E-state index contributed by atoms with van der Waals surface area (Å²) in [6, 6.07) is 7.65. The third kappa shape index (κ3) is 2.32. The zero-order chi connectivity index (χ0) is 14.9. The van der Waals surface area contributed by atoms with Crippen molar-refractivity contribution < 1.29 is 4.79 Å². The first kappa shape index (κ1) is 13.2. The van der Waals surface area contributed by atoms with Gasteiger partial charge in [0.25, 0.3) is 0 Å². The molecule has 0 bridgehead atoms. The number of carbonyl (C=O) groups excluding carboxylic acids is 1. The zero-order valence-corrected chi connectivity index (χ0v) is 12.3. The van der Waals surface area contributed by atoms with Crippen LogP contribution in [-0.2, 0) is 24.1 Å². The Morgan fingerprint density at radius 2 is 2.00 bits per heavy atom. The van der Waals surface area contributed by atoms with E-state index < -0.39 is 0 Å². The standard InChI is InChI=1S/C17H18N4O/c22-17-15(9-11-5-1-3-7-13(11)21-17)20-16-12-6-2-4-8-14(12)18-10-19-16/h1,3,5,7,10,15H,2,4,6,8-9H2,(H,21,22)(H,18,19,20). The quantitative estimate of drug-likeness (QED) is 0.892. The minimum absolute atomic E-state index is 0.00173. The maximum Gasteiger partial charge on any atom is 0.247 e. The molecule has 0 saturated heterocycles. The van der Waals surface area contributed by atoms with Crippen molar-refractivity contribution in [1.29, 1.82) is 0 Å². The lowest BCUT2D eigenvalue weighted by atomic mass is 9.95. The molecule has 2 aliphatic rings. The van der Waals surface area contributed by atoms with Crippen LogP contribution in [0.2, 0.25) is 0 Å². The van der Waals surface area contributed by atoms with E-state index in [4.69, 9.17) is 0 Å². The first-order valence-corrected chi connectivity index (χ1v) is 7.79. The number of hydrogen-bond acceptors (Lipinski definition) is 4. The van der Waals surface area contributed by atoms with Crippen molar-refractivity contribution in [3.63, 3.8) is 0 Å². The van der Waals surface area contributed by atoms with Gasteiger partial charge in [-0.25, -0.2) is 9.97 Å². The Balaban J connectivity index is 1.61. The Morgan fingerprint density at radius 1 is 1.14 bits per heavy atom. The van der Waals surface area contributed by atoms with Gasteiger partial charge in [-0.05, 0) is 37.3 Å². The van der Waals surface area contributed by atoms with Crippen LogP contribution in [0.3, 0.4) is 0 Å². The Morgan fingerprint density at radius 3 is 2.95 bits per heavy atom. The molecular formula is C17H18N4O. The molecule has 5 heteroatoms. The second kappa shape index (κ2) is 5.40. The third-order valence-electron chi connectivity index (χ3n) is 4.45. The van der Waals surface area contributed by atoms with Crippen LogP contribution in [-0.4, -0.2) is 21.9 Å². The fourth-order valence-corrected chi connectivity index (χ4v) is 3.28. The predicted octanol–water partition coefficient (Wildman–Crippen LogP) is 2.33. The van der Waals surface area contributed by atoms with Crippen LogP contribution in [0.1, 0.15) is 29.7 Å². The lowest BCUT2D eigenvalue weighted by Crippen LogP contribution is -2.40. The van der Waals surface area contributed by atoms with Gasteiger partial charge in [-0.15, -0.1) is 0 Å². The van der Waals surface area contributed by atoms with Crippen molar-refractivity contribution in [1.82, 2.24) is 9.97 Å². The molecule has 0 fully saturated rings. The van der Waals surface area contributed by atoms with Crippen LogP contribution >= 0.6 is 0 Å². The number of anilines is 2. The van der Waals surface area contributed by atoms with E-state index in [9.17, 15) is 4.79 Å². The summed E-state index contributed by atoms with van der Waals surface area (Å²) < 4.78 is 0. The number of rotatable bonds is 2. The number of aromatic nitrogens is 2. The van der Waals surface area contributed by atoms with Gasteiger partial charge < -0.3 is 10.6 Å². The molecule has 1 aliphatic heterocycles. The average Bonchev–Trinajstić information content (AvgIpc) is 2.56. The predicted molar refractivity (Wildman–Crippen MR) is 84.9 cm³/mol. The van der Waals surface area contributed by atoms with Gasteiger partial charge in [0.05, 0.1) is 0 Å². The number of amides is 1. The van der Waals surface area contributed by atoms with Gasteiger partial charge in [0.1, 0.15) is 18.2 Å². The van der Waals surface area contributed by atoms with Crippen molar-refractivity contribution in [2.75, 3.05) is 10.6 Å². The highest BCUT2D eigenvalue weighted by atomic mass is 16.2. The van der Waals surface area contributed by atoms with E-state index in [0.717, 1.165) is 42.0 Å². The van der Waals surface area contributed by atoms with Crippen LogP contribution in [0.4, 0.5) is 11.5 Å². The van der Waals surface area contributed by atoms with Crippen molar-refractivity contribution >= 4 is 17.4 Å². The molecule has 1 amide bonds. The summed E-state index contributed by atoms with van der Waals surface area (Å²) in [7, 11) is 0. The lowest BCUT2D eigenvalue weighted by Gasteiger charge is -2.27. The number of benzene rings is 1. The van der Waals surface area contributed by atoms with Gasteiger partial charge in [-0.2, -0.15) is 0 Å². The van der Waals surface area contributed by atoms with Crippen LogP contribution in [0.25, 0.3) is 0 Å². The van der Waals surface area contributed by atoms with Gasteiger partial charge in [0.15, 0.2) is 0 Å². The highest BCUT2D eigenvalue weighted by Gasteiger charge is 2.27. The number of nitrogens with zero attached hydrogens (tertiary/aromatic N) is 2.